The summed E-state index contributed by atoms with van der Waals surface area (Å²) in [5.41, 5.74) is 0. The van der Waals surface area contributed by atoms with Crippen LogP contribution < -0.4 is 5.32 Å². The Morgan fingerprint density at radius 1 is 1.21 bits per heavy atom. The monoisotopic (exact) mass is 197 g/mol. The third kappa shape index (κ3) is 1.65. The summed E-state index contributed by atoms with van der Waals surface area (Å²) in [6.07, 6.45) is 5.85. The van der Waals surface area contributed by atoms with Crippen molar-refractivity contribution in [1.29, 1.82) is 0 Å². The van der Waals surface area contributed by atoms with Crippen molar-refractivity contribution in [1.82, 2.24) is 5.32 Å². The number of hydrogen-bond acceptors (Lipinski definition) is 1. The van der Waals surface area contributed by atoms with Gasteiger partial charge in [-0.2, -0.15) is 0 Å². The SMILES string of the molecule is C[N+]1(C)[C@H]2CCCC[C@H]1CC(=O)NC2. The van der Waals surface area contributed by atoms with Crippen LogP contribution in [0.4, 0.5) is 0 Å². The molecule has 0 aromatic heterocycles. The van der Waals surface area contributed by atoms with Gasteiger partial charge in [0, 0.05) is 6.42 Å². The predicted octanol–water partition coefficient (Wildman–Crippen LogP) is 0.894. The number of likely N-dealkylation sites (N-methyl/N-ethyl adjacent to an activating group) is 1. The summed E-state index contributed by atoms with van der Waals surface area (Å²) in [4.78, 5) is 11.5. The van der Waals surface area contributed by atoms with Crippen LogP contribution in [0.2, 0.25) is 0 Å². The first kappa shape index (κ1) is 9.97. The van der Waals surface area contributed by atoms with E-state index in [9.17, 15) is 4.79 Å². The lowest BCUT2D eigenvalue weighted by atomic mass is 10.1. The van der Waals surface area contributed by atoms with Crippen molar-refractivity contribution in [2.75, 3.05) is 20.6 Å². The molecule has 1 N–H and O–H groups in total. The van der Waals surface area contributed by atoms with Gasteiger partial charge < -0.3 is 9.80 Å². The minimum atomic E-state index is 0.255. The second kappa shape index (κ2) is 3.54. The second-order valence-electron chi connectivity index (χ2n) is 5.23. The van der Waals surface area contributed by atoms with Gasteiger partial charge in [-0.05, 0) is 19.3 Å². The van der Waals surface area contributed by atoms with Gasteiger partial charge in [-0.1, -0.05) is 0 Å². The van der Waals surface area contributed by atoms with Gasteiger partial charge in [0.25, 0.3) is 0 Å². The standard InChI is InChI=1S/C11H20N2O/c1-13(2)9-5-3-4-6-10(13)8-12-11(14)7-9/h9-10H,3-8H2,1-2H3/p+1/t9-,10-/m0/s1. The smallest absolute Gasteiger partial charge is 0.226 e. The summed E-state index contributed by atoms with van der Waals surface area (Å²) < 4.78 is 1.04. The molecular formula is C11H21N2O+. The number of fused-ring (bicyclic) bond motifs is 2. The minimum Gasteiger partial charge on any atom is -0.350 e. The summed E-state index contributed by atoms with van der Waals surface area (Å²) in [5.74, 6) is 0.255. The average molecular weight is 197 g/mol. The summed E-state index contributed by atoms with van der Waals surface area (Å²) in [6, 6.07) is 1.18. The van der Waals surface area contributed by atoms with Gasteiger partial charge in [0.15, 0.2) is 0 Å². The van der Waals surface area contributed by atoms with Gasteiger partial charge in [0.2, 0.25) is 5.91 Å². The first-order chi connectivity index (χ1) is 6.60. The van der Waals surface area contributed by atoms with Crippen molar-refractivity contribution in [2.24, 2.45) is 0 Å². The molecular weight excluding hydrogens is 176 g/mol. The van der Waals surface area contributed by atoms with Gasteiger partial charge in [-0.25, -0.2) is 0 Å². The van der Waals surface area contributed by atoms with E-state index in [1.54, 1.807) is 0 Å². The van der Waals surface area contributed by atoms with Crippen molar-refractivity contribution in [3.05, 3.63) is 0 Å². The van der Waals surface area contributed by atoms with Gasteiger partial charge in [0.1, 0.15) is 6.04 Å². The van der Waals surface area contributed by atoms with Crippen LogP contribution in [0.3, 0.4) is 0 Å². The molecule has 0 radical (unpaired) electrons. The average Bonchev–Trinajstić information content (AvgIpc) is 2.32. The maximum atomic E-state index is 11.5. The van der Waals surface area contributed by atoms with Crippen LogP contribution >= 0.6 is 0 Å². The van der Waals surface area contributed by atoms with E-state index in [4.69, 9.17) is 0 Å². The zero-order valence-electron chi connectivity index (χ0n) is 9.25. The first-order valence-electron chi connectivity index (χ1n) is 5.71. The van der Waals surface area contributed by atoms with Gasteiger partial charge >= 0.3 is 0 Å². The number of rotatable bonds is 0. The van der Waals surface area contributed by atoms with Crippen molar-refractivity contribution >= 4 is 5.91 Å². The van der Waals surface area contributed by atoms with Crippen LogP contribution in [0.5, 0.6) is 0 Å². The highest BCUT2D eigenvalue weighted by molar-refractivity contribution is 5.76. The van der Waals surface area contributed by atoms with E-state index in [2.05, 4.69) is 19.4 Å². The van der Waals surface area contributed by atoms with E-state index in [1.165, 1.54) is 25.7 Å². The largest absolute Gasteiger partial charge is 0.350 e. The van der Waals surface area contributed by atoms with E-state index >= 15 is 0 Å². The first-order valence-corrected chi connectivity index (χ1v) is 5.71. The van der Waals surface area contributed by atoms with Crippen LogP contribution in [-0.4, -0.2) is 43.1 Å². The Morgan fingerprint density at radius 3 is 2.57 bits per heavy atom. The molecule has 2 fully saturated rings. The molecule has 0 aliphatic carbocycles. The predicted molar refractivity (Wildman–Crippen MR) is 55.8 cm³/mol. The number of amides is 1. The topological polar surface area (TPSA) is 29.1 Å². The molecule has 2 aliphatic rings. The molecule has 0 aromatic carbocycles. The Labute approximate surface area is 86.1 Å². The molecule has 1 amide bonds. The molecule has 3 nitrogen and oxygen atoms in total. The Balaban J connectivity index is 2.25. The molecule has 80 valence electrons. The Bertz CT molecular complexity index is 237. The van der Waals surface area contributed by atoms with E-state index < -0.39 is 0 Å². The lowest BCUT2D eigenvalue weighted by Crippen LogP contribution is -2.55. The maximum absolute atomic E-state index is 11.5. The Hall–Kier alpha value is -0.570. The maximum Gasteiger partial charge on any atom is 0.226 e. The summed E-state index contributed by atoms with van der Waals surface area (Å²) in [7, 11) is 4.59. The molecule has 2 rings (SSSR count). The zero-order chi connectivity index (χ0) is 10.2. The lowest BCUT2D eigenvalue weighted by molar-refractivity contribution is -0.935. The van der Waals surface area contributed by atoms with Crippen molar-refractivity contribution in [3.63, 3.8) is 0 Å². The molecule has 2 saturated heterocycles. The third-order valence-corrected chi connectivity index (χ3v) is 4.16. The molecule has 2 atom stereocenters. The fourth-order valence-corrected chi connectivity index (χ4v) is 2.92. The van der Waals surface area contributed by atoms with E-state index in [0.717, 1.165) is 17.4 Å². The van der Waals surface area contributed by atoms with Gasteiger partial charge in [-0.3, -0.25) is 4.79 Å². The summed E-state index contributed by atoms with van der Waals surface area (Å²) >= 11 is 0. The van der Waals surface area contributed by atoms with E-state index in [1.807, 2.05) is 0 Å². The number of carbonyl (C=O) groups excluding carboxylic acids is 1. The summed E-state index contributed by atoms with van der Waals surface area (Å²) in [5, 5.41) is 3.04. The highest BCUT2D eigenvalue weighted by atomic mass is 16.1. The normalized spacial score (nSPS) is 36.9. The fraction of sp³-hybridized carbons (Fsp3) is 0.909. The number of nitrogens with zero attached hydrogens (tertiary/aromatic N) is 1. The van der Waals surface area contributed by atoms with Gasteiger partial charge in [0.05, 0.1) is 33.1 Å². The molecule has 2 bridgehead atoms. The molecule has 0 aromatic rings. The highest BCUT2D eigenvalue weighted by Gasteiger charge is 2.41. The lowest BCUT2D eigenvalue weighted by Gasteiger charge is -2.40. The van der Waals surface area contributed by atoms with Crippen molar-refractivity contribution < 1.29 is 9.28 Å². The fourth-order valence-electron chi connectivity index (χ4n) is 2.92. The van der Waals surface area contributed by atoms with Crippen molar-refractivity contribution in [3.8, 4) is 0 Å². The highest BCUT2D eigenvalue weighted by Crippen LogP contribution is 2.29. The molecule has 14 heavy (non-hydrogen) atoms. The molecule has 2 aliphatic heterocycles. The van der Waals surface area contributed by atoms with Crippen LogP contribution in [0.1, 0.15) is 32.1 Å². The Morgan fingerprint density at radius 2 is 1.86 bits per heavy atom. The quantitative estimate of drug-likeness (QED) is 0.574. The molecule has 0 saturated carbocycles. The van der Waals surface area contributed by atoms with Crippen LogP contribution in [0.25, 0.3) is 0 Å². The van der Waals surface area contributed by atoms with Crippen molar-refractivity contribution in [2.45, 2.75) is 44.2 Å². The van der Waals surface area contributed by atoms with E-state index in [-0.39, 0.29) is 5.91 Å². The molecule has 0 spiro atoms. The van der Waals surface area contributed by atoms with Crippen LogP contribution in [-0.2, 0) is 4.79 Å². The molecule has 2 heterocycles. The second-order valence-corrected chi connectivity index (χ2v) is 5.23. The van der Waals surface area contributed by atoms with E-state index in [0.29, 0.717) is 12.1 Å². The Kier molecular flexibility index (Phi) is 2.52. The zero-order valence-corrected chi connectivity index (χ0v) is 9.25. The van der Waals surface area contributed by atoms with Crippen LogP contribution in [0.15, 0.2) is 0 Å². The summed E-state index contributed by atoms with van der Waals surface area (Å²) in [6.45, 7) is 0.877. The molecule has 0 unspecified atom stereocenters. The number of carbonyl (C=O) groups is 1. The number of hydrogen-bond donors (Lipinski definition) is 1. The van der Waals surface area contributed by atoms with Gasteiger partial charge in [-0.15, -0.1) is 0 Å². The van der Waals surface area contributed by atoms with Crippen LogP contribution in [0, 0.1) is 0 Å². The molecule has 3 heteroatoms. The number of nitrogens with one attached hydrogen (secondary N) is 1. The minimum absolute atomic E-state index is 0.255. The number of quaternary nitrogens is 1. The third-order valence-electron chi connectivity index (χ3n) is 4.16.